The van der Waals surface area contributed by atoms with Crippen LogP contribution in [0.5, 0.6) is 0 Å². The highest BCUT2D eigenvalue weighted by Gasteiger charge is 2.43. The maximum atomic E-state index is 13.0. The van der Waals surface area contributed by atoms with Crippen LogP contribution in [0.1, 0.15) is 32.1 Å². The summed E-state index contributed by atoms with van der Waals surface area (Å²) in [5.41, 5.74) is -0.166. The van der Waals surface area contributed by atoms with Crippen molar-refractivity contribution < 1.29 is 8.42 Å². The lowest BCUT2D eigenvalue weighted by atomic mass is 9.83. The maximum absolute atomic E-state index is 13.0. The molecule has 6 nitrogen and oxygen atoms in total. The molecule has 2 aromatic rings. The van der Waals surface area contributed by atoms with Crippen LogP contribution in [0.4, 0.5) is 0 Å². The van der Waals surface area contributed by atoms with Crippen LogP contribution in [-0.4, -0.2) is 35.1 Å². The number of hydrogen-bond acceptors (Lipinski definition) is 4. The Balaban J connectivity index is 1.93. The summed E-state index contributed by atoms with van der Waals surface area (Å²) >= 11 is 0. The van der Waals surface area contributed by atoms with Crippen molar-refractivity contribution in [3.05, 3.63) is 42.7 Å². The molecule has 1 saturated carbocycles. The Labute approximate surface area is 142 Å². The summed E-state index contributed by atoms with van der Waals surface area (Å²) in [6.45, 7) is 0. The van der Waals surface area contributed by atoms with Crippen molar-refractivity contribution in [2.75, 3.05) is 7.05 Å². The average Bonchev–Trinajstić information content (AvgIpc) is 3.13. The summed E-state index contributed by atoms with van der Waals surface area (Å²) in [4.78, 5) is 0.106. The predicted octanol–water partition coefficient (Wildman–Crippen LogP) is 2.72. The van der Waals surface area contributed by atoms with Gasteiger partial charge in [0.1, 0.15) is 10.4 Å². The van der Waals surface area contributed by atoms with Crippen molar-refractivity contribution in [2.45, 2.75) is 42.5 Å². The van der Waals surface area contributed by atoms with Gasteiger partial charge < -0.3 is 0 Å². The lowest BCUT2D eigenvalue weighted by Crippen LogP contribution is -2.49. The summed E-state index contributed by atoms with van der Waals surface area (Å²) < 4.78 is 28.7. The fourth-order valence-corrected chi connectivity index (χ4v) is 4.60. The van der Waals surface area contributed by atoms with Crippen molar-refractivity contribution in [3.63, 3.8) is 0 Å². The van der Waals surface area contributed by atoms with Crippen LogP contribution >= 0.6 is 0 Å². The van der Waals surface area contributed by atoms with Crippen LogP contribution in [0.25, 0.3) is 5.69 Å². The van der Waals surface area contributed by atoms with Crippen molar-refractivity contribution in [1.29, 1.82) is 5.26 Å². The van der Waals surface area contributed by atoms with Gasteiger partial charge in [0, 0.05) is 7.05 Å². The minimum absolute atomic E-state index is 0.106. The van der Waals surface area contributed by atoms with Crippen molar-refractivity contribution in [3.8, 4) is 11.8 Å². The van der Waals surface area contributed by atoms with Gasteiger partial charge in [-0.15, -0.1) is 0 Å². The second kappa shape index (κ2) is 6.38. The number of para-hydroxylation sites is 1. The molecular weight excluding hydrogens is 324 g/mol. The summed E-state index contributed by atoms with van der Waals surface area (Å²) in [5.74, 6) is 0. The zero-order valence-electron chi connectivity index (χ0n) is 13.6. The van der Waals surface area contributed by atoms with Gasteiger partial charge in [0.25, 0.3) is 0 Å². The Hall–Kier alpha value is -2.17. The van der Waals surface area contributed by atoms with Gasteiger partial charge >= 0.3 is 0 Å². The van der Waals surface area contributed by atoms with Crippen LogP contribution in [-0.2, 0) is 10.0 Å². The van der Waals surface area contributed by atoms with E-state index in [0.717, 1.165) is 24.9 Å². The quantitative estimate of drug-likeness (QED) is 0.854. The molecule has 0 N–H and O–H groups in total. The summed E-state index contributed by atoms with van der Waals surface area (Å²) in [7, 11) is -2.27. The first-order valence-electron chi connectivity index (χ1n) is 8.00. The van der Waals surface area contributed by atoms with Crippen LogP contribution in [0, 0.1) is 11.3 Å². The molecule has 0 aliphatic heterocycles. The number of hydrogen-bond donors (Lipinski definition) is 0. The van der Waals surface area contributed by atoms with E-state index >= 15 is 0 Å². The Morgan fingerprint density at radius 1 is 1.21 bits per heavy atom. The Morgan fingerprint density at radius 3 is 2.50 bits per heavy atom. The van der Waals surface area contributed by atoms with E-state index < -0.39 is 15.6 Å². The predicted molar refractivity (Wildman–Crippen MR) is 89.9 cm³/mol. The third kappa shape index (κ3) is 2.83. The average molecular weight is 344 g/mol. The molecule has 0 spiro atoms. The van der Waals surface area contributed by atoms with Gasteiger partial charge in [-0.2, -0.15) is 14.7 Å². The molecule has 0 bridgehead atoms. The van der Waals surface area contributed by atoms with Crippen LogP contribution in [0.3, 0.4) is 0 Å². The van der Waals surface area contributed by atoms with Crippen LogP contribution < -0.4 is 0 Å². The highest BCUT2D eigenvalue weighted by atomic mass is 32.2. The largest absolute Gasteiger partial charge is 0.247 e. The number of aromatic nitrogens is 2. The van der Waals surface area contributed by atoms with Gasteiger partial charge in [-0.25, -0.2) is 13.1 Å². The Morgan fingerprint density at radius 2 is 1.88 bits per heavy atom. The molecule has 1 heterocycles. The smallest absolute Gasteiger partial charge is 0.240 e. The second-order valence-electron chi connectivity index (χ2n) is 6.13. The van der Waals surface area contributed by atoms with E-state index in [4.69, 9.17) is 0 Å². The van der Waals surface area contributed by atoms with Crippen molar-refractivity contribution in [2.24, 2.45) is 0 Å². The molecule has 0 amide bonds. The van der Waals surface area contributed by atoms with Gasteiger partial charge in [-0.3, -0.25) is 0 Å². The van der Waals surface area contributed by atoms with E-state index in [1.165, 1.54) is 28.4 Å². The monoisotopic (exact) mass is 344 g/mol. The fourth-order valence-electron chi connectivity index (χ4n) is 3.18. The molecule has 0 saturated heterocycles. The highest BCUT2D eigenvalue weighted by molar-refractivity contribution is 7.89. The molecule has 1 aliphatic carbocycles. The minimum atomic E-state index is -3.77. The van der Waals surface area contributed by atoms with Gasteiger partial charge in [0.05, 0.1) is 24.2 Å². The highest BCUT2D eigenvalue weighted by Crippen LogP contribution is 2.35. The van der Waals surface area contributed by atoms with E-state index in [1.807, 2.05) is 30.3 Å². The molecule has 1 aromatic carbocycles. The topological polar surface area (TPSA) is 79.0 Å². The van der Waals surface area contributed by atoms with E-state index in [1.54, 1.807) is 0 Å². The van der Waals surface area contributed by atoms with E-state index in [9.17, 15) is 13.7 Å². The zero-order chi connectivity index (χ0) is 17.2. The Bertz CT molecular complexity index is 846. The standard InChI is InChI=1S/C17H20N4O2S/c1-20(17(14-18)10-6-3-7-11-17)24(22,23)16-12-19-21(13-16)15-8-4-2-5-9-15/h2,4-5,8-9,12-13H,3,6-7,10-11H2,1H3. The number of rotatable bonds is 4. The van der Waals surface area contributed by atoms with Gasteiger partial charge in [-0.1, -0.05) is 37.5 Å². The first-order chi connectivity index (χ1) is 11.5. The van der Waals surface area contributed by atoms with Gasteiger partial charge in [0.2, 0.25) is 10.0 Å². The summed E-state index contributed by atoms with van der Waals surface area (Å²) in [6.07, 6.45) is 6.77. The minimum Gasteiger partial charge on any atom is -0.240 e. The molecule has 1 fully saturated rings. The second-order valence-corrected chi connectivity index (χ2v) is 8.10. The molecule has 7 heteroatoms. The summed E-state index contributed by atoms with van der Waals surface area (Å²) in [6, 6.07) is 11.6. The molecule has 24 heavy (non-hydrogen) atoms. The van der Waals surface area contributed by atoms with Gasteiger partial charge in [0.15, 0.2) is 0 Å². The lowest BCUT2D eigenvalue weighted by molar-refractivity contribution is 0.212. The fraction of sp³-hybridized carbons (Fsp3) is 0.412. The SMILES string of the molecule is CN(C1(C#N)CCCCC1)S(=O)(=O)c1cnn(-c2ccccc2)c1. The number of nitrogens with zero attached hydrogens (tertiary/aromatic N) is 4. The number of nitriles is 1. The molecule has 0 radical (unpaired) electrons. The van der Waals surface area contributed by atoms with Gasteiger partial charge in [-0.05, 0) is 25.0 Å². The first-order valence-corrected chi connectivity index (χ1v) is 9.44. The molecule has 0 atom stereocenters. The van der Waals surface area contributed by atoms with Crippen LogP contribution in [0.2, 0.25) is 0 Å². The zero-order valence-corrected chi connectivity index (χ0v) is 14.4. The number of sulfonamides is 1. The van der Waals surface area contributed by atoms with Crippen molar-refractivity contribution in [1.82, 2.24) is 14.1 Å². The normalized spacial score (nSPS) is 17.5. The third-order valence-corrected chi connectivity index (χ3v) is 6.61. The maximum Gasteiger partial charge on any atom is 0.247 e. The van der Waals surface area contributed by atoms with E-state index in [-0.39, 0.29) is 4.90 Å². The molecule has 3 rings (SSSR count). The molecule has 1 aromatic heterocycles. The number of benzene rings is 1. The Kier molecular flexibility index (Phi) is 4.43. The third-order valence-electron chi connectivity index (χ3n) is 4.73. The lowest BCUT2D eigenvalue weighted by Gasteiger charge is -2.37. The first kappa shape index (κ1) is 16.7. The molecular formula is C17H20N4O2S. The molecule has 1 aliphatic rings. The van der Waals surface area contributed by atoms with E-state index in [0.29, 0.717) is 12.8 Å². The molecule has 0 unspecified atom stereocenters. The van der Waals surface area contributed by atoms with Crippen molar-refractivity contribution >= 4 is 10.0 Å². The van der Waals surface area contributed by atoms with Crippen LogP contribution in [0.15, 0.2) is 47.6 Å². The molecule has 126 valence electrons. The summed E-state index contributed by atoms with van der Waals surface area (Å²) in [5, 5.41) is 13.8. The van der Waals surface area contributed by atoms with E-state index in [2.05, 4.69) is 11.2 Å².